The van der Waals surface area contributed by atoms with Gasteiger partial charge in [0.1, 0.15) is 10.7 Å². The number of para-hydroxylation sites is 2. The first-order valence-corrected chi connectivity index (χ1v) is 11.6. The van der Waals surface area contributed by atoms with Crippen LogP contribution in [-0.2, 0) is 13.0 Å². The molecule has 0 atom stereocenters. The second-order valence-electron chi connectivity index (χ2n) is 6.74. The molecule has 31 heavy (non-hydrogen) atoms. The first-order valence-electron chi connectivity index (χ1n) is 9.55. The zero-order valence-corrected chi connectivity index (χ0v) is 18.5. The van der Waals surface area contributed by atoms with E-state index >= 15 is 0 Å². The Morgan fingerprint density at radius 1 is 1.06 bits per heavy atom. The molecule has 0 saturated carbocycles. The van der Waals surface area contributed by atoms with E-state index < -0.39 is 0 Å². The number of halogens is 1. The lowest BCUT2D eigenvalue weighted by atomic mass is 10.2. The van der Waals surface area contributed by atoms with E-state index in [2.05, 4.69) is 20.3 Å². The Morgan fingerprint density at radius 3 is 2.74 bits per heavy atom. The SMILES string of the molecule is O=C(Nc1nc2ccccc2n1CCc1ccccn1)c1csc(-c2ccc(Cl)s2)n1. The summed E-state index contributed by atoms with van der Waals surface area (Å²) in [5.41, 5.74) is 3.12. The molecule has 0 bridgehead atoms. The average molecular weight is 466 g/mol. The van der Waals surface area contributed by atoms with Crippen LogP contribution in [0.1, 0.15) is 16.2 Å². The Hall–Kier alpha value is -3.07. The lowest BCUT2D eigenvalue weighted by molar-refractivity contribution is 0.102. The van der Waals surface area contributed by atoms with Gasteiger partial charge >= 0.3 is 0 Å². The topological polar surface area (TPSA) is 72.7 Å². The summed E-state index contributed by atoms with van der Waals surface area (Å²) in [7, 11) is 0. The molecule has 0 aliphatic carbocycles. The zero-order valence-electron chi connectivity index (χ0n) is 16.2. The number of pyridine rings is 1. The minimum absolute atomic E-state index is 0.292. The molecule has 4 aromatic heterocycles. The fraction of sp³-hybridized carbons (Fsp3) is 0.0909. The van der Waals surface area contributed by atoms with Gasteiger partial charge in [0.05, 0.1) is 20.2 Å². The van der Waals surface area contributed by atoms with Crippen LogP contribution in [0.4, 0.5) is 5.95 Å². The highest BCUT2D eigenvalue weighted by atomic mass is 35.5. The number of nitrogens with zero attached hydrogens (tertiary/aromatic N) is 4. The summed E-state index contributed by atoms with van der Waals surface area (Å²) in [5, 5.41) is 5.45. The molecular formula is C22H16ClN5OS2. The van der Waals surface area contributed by atoms with E-state index in [0.717, 1.165) is 33.0 Å². The third-order valence-electron chi connectivity index (χ3n) is 4.72. The second kappa shape index (κ2) is 8.58. The molecule has 0 unspecified atom stereocenters. The number of rotatable bonds is 6. The van der Waals surface area contributed by atoms with E-state index in [1.165, 1.54) is 22.7 Å². The quantitative estimate of drug-likeness (QED) is 0.345. The number of carbonyl (C=O) groups is 1. The van der Waals surface area contributed by atoms with Crippen molar-refractivity contribution in [1.29, 1.82) is 0 Å². The second-order valence-corrected chi connectivity index (χ2v) is 9.32. The van der Waals surface area contributed by atoms with Crippen LogP contribution in [0.3, 0.4) is 0 Å². The third kappa shape index (κ3) is 4.23. The highest BCUT2D eigenvalue weighted by Crippen LogP contribution is 2.33. The van der Waals surface area contributed by atoms with Gasteiger partial charge in [-0.2, -0.15) is 0 Å². The number of fused-ring (bicyclic) bond motifs is 1. The van der Waals surface area contributed by atoms with Crippen LogP contribution >= 0.6 is 34.3 Å². The van der Waals surface area contributed by atoms with Gasteiger partial charge in [0.25, 0.3) is 5.91 Å². The minimum atomic E-state index is -0.292. The van der Waals surface area contributed by atoms with E-state index in [9.17, 15) is 4.79 Å². The molecule has 0 fully saturated rings. The number of hydrogen-bond acceptors (Lipinski definition) is 6. The van der Waals surface area contributed by atoms with E-state index in [-0.39, 0.29) is 5.91 Å². The number of nitrogens with one attached hydrogen (secondary N) is 1. The van der Waals surface area contributed by atoms with Crippen molar-refractivity contribution in [2.45, 2.75) is 13.0 Å². The van der Waals surface area contributed by atoms with E-state index in [0.29, 0.717) is 22.5 Å². The smallest absolute Gasteiger partial charge is 0.277 e. The molecule has 1 amide bonds. The van der Waals surface area contributed by atoms with Crippen molar-refractivity contribution in [2.24, 2.45) is 0 Å². The average Bonchev–Trinajstić information content (AvgIpc) is 3.51. The molecule has 0 aliphatic heterocycles. The van der Waals surface area contributed by atoms with Crippen molar-refractivity contribution in [3.8, 4) is 9.88 Å². The van der Waals surface area contributed by atoms with Crippen molar-refractivity contribution in [2.75, 3.05) is 5.32 Å². The number of anilines is 1. The zero-order chi connectivity index (χ0) is 21.2. The van der Waals surface area contributed by atoms with Gasteiger partial charge < -0.3 is 4.57 Å². The number of aromatic nitrogens is 4. The maximum Gasteiger partial charge on any atom is 0.277 e. The van der Waals surface area contributed by atoms with Crippen molar-refractivity contribution in [1.82, 2.24) is 19.5 Å². The van der Waals surface area contributed by atoms with Crippen LogP contribution in [-0.4, -0.2) is 25.4 Å². The Labute approximate surface area is 191 Å². The Bertz CT molecular complexity index is 1360. The molecule has 6 nitrogen and oxygen atoms in total. The van der Waals surface area contributed by atoms with Crippen LogP contribution in [0.5, 0.6) is 0 Å². The summed E-state index contributed by atoms with van der Waals surface area (Å²) in [6.07, 6.45) is 2.51. The van der Waals surface area contributed by atoms with Gasteiger partial charge in [0.15, 0.2) is 0 Å². The third-order valence-corrected chi connectivity index (χ3v) is 6.96. The van der Waals surface area contributed by atoms with Crippen molar-refractivity contribution in [3.63, 3.8) is 0 Å². The van der Waals surface area contributed by atoms with Gasteiger partial charge in [-0.05, 0) is 36.4 Å². The predicted octanol–water partition coefficient (Wildman–Crippen LogP) is 5.76. The summed E-state index contributed by atoms with van der Waals surface area (Å²) in [6.45, 7) is 0.642. The highest BCUT2D eigenvalue weighted by molar-refractivity contribution is 7.23. The van der Waals surface area contributed by atoms with E-state index in [1.807, 2.05) is 59.2 Å². The van der Waals surface area contributed by atoms with Crippen LogP contribution in [0.2, 0.25) is 4.34 Å². The number of carbonyl (C=O) groups excluding carboxylic acids is 1. The number of hydrogen-bond donors (Lipinski definition) is 1. The summed E-state index contributed by atoms with van der Waals surface area (Å²) in [5.74, 6) is 0.204. The molecule has 4 heterocycles. The lowest BCUT2D eigenvalue weighted by Crippen LogP contribution is -2.17. The summed E-state index contributed by atoms with van der Waals surface area (Å²) in [4.78, 5) is 27.4. The van der Waals surface area contributed by atoms with Gasteiger partial charge in [-0.3, -0.25) is 15.1 Å². The van der Waals surface area contributed by atoms with E-state index in [4.69, 9.17) is 11.6 Å². The molecule has 1 aromatic carbocycles. The Balaban J connectivity index is 1.40. The number of benzene rings is 1. The van der Waals surface area contributed by atoms with Crippen LogP contribution in [0.25, 0.3) is 20.9 Å². The largest absolute Gasteiger partial charge is 0.310 e. The van der Waals surface area contributed by atoms with Gasteiger partial charge in [0, 0.05) is 30.2 Å². The molecule has 0 saturated heterocycles. The fourth-order valence-corrected chi connectivity index (χ4v) is 5.17. The molecule has 0 spiro atoms. The maximum atomic E-state index is 12.9. The number of amides is 1. The molecule has 5 aromatic rings. The lowest BCUT2D eigenvalue weighted by Gasteiger charge is -2.09. The summed E-state index contributed by atoms with van der Waals surface area (Å²) in [6, 6.07) is 17.4. The molecular weight excluding hydrogens is 450 g/mol. The minimum Gasteiger partial charge on any atom is -0.310 e. The fourth-order valence-electron chi connectivity index (χ4n) is 3.26. The first-order chi connectivity index (χ1) is 15.2. The Kier molecular flexibility index (Phi) is 5.50. The molecule has 0 radical (unpaired) electrons. The molecule has 154 valence electrons. The van der Waals surface area contributed by atoms with Gasteiger partial charge in [-0.1, -0.05) is 29.8 Å². The monoisotopic (exact) mass is 465 g/mol. The standard InChI is InChI=1S/C22H16ClN5OS2/c23-19-9-8-18(31-19)21-25-16(13-30-21)20(29)27-22-26-15-6-1-2-7-17(15)28(22)12-10-14-5-3-4-11-24-14/h1-9,11,13H,10,12H2,(H,26,27,29). The first kappa shape index (κ1) is 19.9. The number of imidazole rings is 1. The predicted molar refractivity (Wildman–Crippen MR) is 126 cm³/mol. The Morgan fingerprint density at radius 2 is 1.94 bits per heavy atom. The van der Waals surface area contributed by atoms with Gasteiger partial charge in [0.2, 0.25) is 5.95 Å². The molecule has 5 rings (SSSR count). The van der Waals surface area contributed by atoms with Crippen molar-refractivity contribution in [3.05, 3.63) is 81.9 Å². The molecule has 9 heteroatoms. The highest BCUT2D eigenvalue weighted by Gasteiger charge is 2.17. The summed E-state index contributed by atoms with van der Waals surface area (Å²) < 4.78 is 2.70. The van der Waals surface area contributed by atoms with E-state index in [1.54, 1.807) is 11.6 Å². The van der Waals surface area contributed by atoms with Crippen LogP contribution < -0.4 is 5.32 Å². The number of thiazole rings is 1. The van der Waals surface area contributed by atoms with Crippen molar-refractivity contribution >= 4 is 57.2 Å². The van der Waals surface area contributed by atoms with Crippen LogP contribution in [0, 0.1) is 0 Å². The molecule has 1 N–H and O–H groups in total. The molecule has 0 aliphatic rings. The van der Waals surface area contributed by atoms with Gasteiger partial charge in [-0.15, -0.1) is 22.7 Å². The maximum absolute atomic E-state index is 12.9. The van der Waals surface area contributed by atoms with Crippen molar-refractivity contribution < 1.29 is 4.79 Å². The van der Waals surface area contributed by atoms with Crippen LogP contribution in [0.15, 0.2) is 66.2 Å². The summed E-state index contributed by atoms with van der Waals surface area (Å²) >= 11 is 8.87. The normalized spacial score (nSPS) is 11.1. The number of aryl methyl sites for hydroxylation is 2. The van der Waals surface area contributed by atoms with Gasteiger partial charge in [-0.25, -0.2) is 9.97 Å². The number of thiophene rings is 1.